The molecule has 12 heteroatoms. The summed E-state index contributed by atoms with van der Waals surface area (Å²) < 4.78 is 83.2. The molecule has 1 N–H and O–H groups in total. The van der Waals surface area contributed by atoms with E-state index >= 15 is 0 Å². The molecule has 0 radical (unpaired) electrons. The molecular formula is C26H37F3O9. The molecule has 0 spiro atoms. The Labute approximate surface area is 220 Å². The number of ether oxygens (including phenoxy) is 8. The fourth-order valence-electron chi connectivity index (χ4n) is 4.44. The summed E-state index contributed by atoms with van der Waals surface area (Å²) in [5.74, 6) is 0.349. The van der Waals surface area contributed by atoms with Gasteiger partial charge in [-0.3, -0.25) is 0 Å². The first-order valence-electron chi connectivity index (χ1n) is 12.5. The maximum absolute atomic E-state index is 13.5. The van der Waals surface area contributed by atoms with Gasteiger partial charge in [-0.1, -0.05) is 12.2 Å². The summed E-state index contributed by atoms with van der Waals surface area (Å²) in [5.41, 5.74) is -0.908. The lowest BCUT2D eigenvalue weighted by atomic mass is 9.92. The van der Waals surface area contributed by atoms with Gasteiger partial charge in [0.25, 0.3) is 0 Å². The summed E-state index contributed by atoms with van der Waals surface area (Å²) in [6, 6.07) is 3.16. The van der Waals surface area contributed by atoms with E-state index in [1.807, 2.05) is 12.2 Å². The number of halogens is 3. The largest absolute Gasteiger partial charge is 0.490 e. The van der Waals surface area contributed by atoms with Crippen molar-refractivity contribution in [3.63, 3.8) is 0 Å². The summed E-state index contributed by atoms with van der Waals surface area (Å²) in [7, 11) is 3.07. The SMILES string of the molecule is COCCOCOc1cc(OCC(C=C[C@H]2CC[C@@H]3O[C@@H](O)C[C@@H]32)OCOCCOC)cc(C(F)(F)F)c1. The molecule has 0 aromatic heterocycles. The number of alkyl halides is 3. The first kappa shape index (κ1) is 30.6. The third-order valence-electron chi connectivity index (χ3n) is 6.35. The molecule has 1 aliphatic carbocycles. The fourth-order valence-corrected chi connectivity index (χ4v) is 4.44. The van der Waals surface area contributed by atoms with Gasteiger partial charge in [0.1, 0.15) is 31.0 Å². The van der Waals surface area contributed by atoms with Gasteiger partial charge in [-0.05, 0) is 36.8 Å². The van der Waals surface area contributed by atoms with Gasteiger partial charge in [0.05, 0.1) is 38.1 Å². The van der Waals surface area contributed by atoms with E-state index in [0.29, 0.717) is 26.2 Å². The summed E-state index contributed by atoms with van der Waals surface area (Å²) in [5, 5.41) is 9.80. The molecular weight excluding hydrogens is 513 g/mol. The average molecular weight is 551 g/mol. The van der Waals surface area contributed by atoms with E-state index < -0.39 is 24.1 Å². The second-order valence-electron chi connectivity index (χ2n) is 9.04. The zero-order chi connectivity index (χ0) is 27.4. The van der Waals surface area contributed by atoms with Gasteiger partial charge in [0.2, 0.25) is 0 Å². The van der Waals surface area contributed by atoms with Gasteiger partial charge in [0.15, 0.2) is 13.1 Å². The molecule has 0 bridgehead atoms. The highest BCUT2D eigenvalue weighted by Crippen LogP contribution is 2.43. The van der Waals surface area contributed by atoms with E-state index in [-0.39, 0.29) is 56.2 Å². The molecule has 2 aliphatic rings. The number of rotatable bonds is 17. The van der Waals surface area contributed by atoms with Crippen LogP contribution in [0.25, 0.3) is 0 Å². The van der Waals surface area contributed by atoms with Crippen LogP contribution in [-0.2, 0) is 34.6 Å². The van der Waals surface area contributed by atoms with Crippen LogP contribution in [0.5, 0.6) is 11.5 Å². The molecule has 1 aliphatic heterocycles. The fraction of sp³-hybridized carbons (Fsp3) is 0.692. The zero-order valence-corrected chi connectivity index (χ0v) is 21.7. The lowest BCUT2D eigenvalue weighted by Crippen LogP contribution is -2.22. The molecule has 9 nitrogen and oxygen atoms in total. The Morgan fingerprint density at radius 1 is 0.974 bits per heavy atom. The Morgan fingerprint density at radius 3 is 2.34 bits per heavy atom. The van der Waals surface area contributed by atoms with Crippen LogP contribution < -0.4 is 9.47 Å². The minimum Gasteiger partial charge on any atom is -0.490 e. The van der Waals surface area contributed by atoms with Crippen LogP contribution >= 0.6 is 0 Å². The van der Waals surface area contributed by atoms with Crippen LogP contribution in [0.3, 0.4) is 0 Å². The highest BCUT2D eigenvalue weighted by atomic mass is 19.4. The number of aliphatic hydroxyl groups excluding tert-OH is 1. The van der Waals surface area contributed by atoms with Crippen LogP contribution in [0.15, 0.2) is 30.4 Å². The van der Waals surface area contributed by atoms with Crippen molar-refractivity contribution in [2.24, 2.45) is 11.8 Å². The van der Waals surface area contributed by atoms with E-state index in [1.54, 1.807) is 7.11 Å². The number of allylic oxidation sites excluding steroid dienone is 1. The molecule has 1 aromatic carbocycles. The molecule has 1 unspecified atom stereocenters. The standard InChI is InChI=1S/C26H37F3O9/c1-31-7-9-33-16-36-20(5-3-18-4-6-24-23(18)14-25(30)38-24)15-35-21-11-19(26(27,28)29)12-22(13-21)37-17-34-10-8-32-2/h3,5,11-13,18,20,23-25,30H,4,6-10,14-17H2,1-2H3/t18-,20?,23+,24-,25+/m0/s1. The smallest absolute Gasteiger partial charge is 0.416 e. The predicted molar refractivity (Wildman–Crippen MR) is 129 cm³/mol. The van der Waals surface area contributed by atoms with Crippen molar-refractivity contribution >= 4 is 0 Å². The zero-order valence-electron chi connectivity index (χ0n) is 21.7. The summed E-state index contributed by atoms with van der Waals surface area (Å²) in [6.45, 7) is 0.960. The highest BCUT2D eigenvalue weighted by Gasteiger charge is 2.42. The molecule has 3 rings (SSSR count). The van der Waals surface area contributed by atoms with Crippen molar-refractivity contribution < 1.29 is 56.2 Å². The molecule has 5 atom stereocenters. The minimum atomic E-state index is -4.59. The van der Waals surface area contributed by atoms with Crippen LogP contribution in [-0.4, -0.2) is 84.4 Å². The Balaban J connectivity index is 1.64. The molecule has 216 valence electrons. The average Bonchev–Trinajstić information content (AvgIpc) is 3.43. The van der Waals surface area contributed by atoms with E-state index in [1.165, 1.54) is 13.2 Å². The summed E-state index contributed by atoms with van der Waals surface area (Å²) in [6.07, 6.45) is 0.289. The molecule has 1 heterocycles. The van der Waals surface area contributed by atoms with E-state index in [9.17, 15) is 18.3 Å². The van der Waals surface area contributed by atoms with Gasteiger partial charge in [-0.15, -0.1) is 0 Å². The van der Waals surface area contributed by atoms with Crippen molar-refractivity contribution in [2.75, 3.05) is 60.8 Å². The van der Waals surface area contributed by atoms with Crippen LogP contribution in [0.4, 0.5) is 13.2 Å². The number of hydrogen-bond donors (Lipinski definition) is 1. The molecule has 1 saturated heterocycles. The number of aliphatic hydroxyl groups is 1. The van der Waals surface area contributed by atoms with E-state index in [0.717, 1.165) is 25.0 Å². The second-order valence-corrected chi connectivity index (χ2v) is 9.04. The van der Waals surface area contributed by atoms with Crippen molar-refractivity contribution in [3.05, 3.63) is 35.9 Å². The molecule has 1 aromatic rings. The highest BCUT2D eigenvalue weighted by molar-refractivity contribution is 5.39. The number of fused-ring (bicyclic) bond motifs is 1. The second kappa shape index (κ2) is 15.6. The van der Waals surface area contributed by atoms with E-state index in [4.69, 9.17) is 37.9 Å². The molecule has 1 saturated carbocycles. The quantitative estimate of drug-likeness (QED) is 0.177. The van der Waals surface area contributed by atoms with Crippen molar-refractivity contribution in [2.45, 2.75) is 43.9 Å². The monoisotopic (exact) mass is 550 g/mol. The molecule has 38 heavy (non-hydrogen) atoms. The molecule has 2 fully saturated rings. The Bertz CT molecular complexity index is 852. The maximum Gasteiger partial charge on any atom is 0.416 e. The van der Waals surface area contributed by atoms with Crippen LogP contribution in [0.2, 0.25) is 0 Å². The first-order chi connectivity index (χ1) is 18.3. The van der Waals surface area contributed by atoms with Gasteiger partial charge in [-0.25, -0.2) is 0 Å². The van der Waals surface area contributed by atoms with Gasteiger partial charge in [0, 0.05) is 26.7 Å². The normalized spacial score (nSPS) is 24.2. The van der Waals surface area contributed by atoms with Gasteiger partial charge < -0.3 is 43.0 Å². The lowest BCUT2D eigenvalue weighted by molar-refractivity contribution is -0.137. The third kappa shape index (κ3) is 9.99. The number of methoxy groups -OCH3 is 2. The van der Waals surface area contributed by atoms with Crippen molar-refractivity contribution in [3.8, 4) is 11.5 Å². The Morgan fingerprint density at radius 2 is 1.66 bits per heavy atom. The molecule has 0 amide bonds. The third-order valence-corrected chi connectivity index (χ3v) is 6.35. The van der Waals surface area contributed by atoms with Crippen molar-refractivity contribution in [1.29, 1.82) is 0 Å². The summed E-state index contributed by atoms with van der Waals surface area (Å²) >= 11 is 0. The number of benzene rings is 1. The van der Waals surface area contributed by atoms with Crippen LogP contribution in [0.1, 0.15) is 24.8 Å². The lowest BCUT2D eigenvalue weighted by Gasteiger charge is -2.19. The number of hydrogen-bond acceptors (Lipinski definition) is 9. The van der Waals surface area contributed by atoms with Crippen molar-refractivity contribution in [1.82, 2.24) is 0 Å². The predicted octanol–water partition coefficient (Wildman–Crippen LogP) is 3.78. The Kier molecular flexibility index (Phi) is 12.6. The Hall–Kier alpha value is -1.93. The maximum atomic E-state index is 13.5. The van der Waals surface area contributed by atoms with Gasteiger partial charge in [-0.2, -0.15) is 13.2 Å². The summed E-state index contributed by atoms with van der Waals surface area (Å²) in [4.78, 5) is 0. The van der Waals surface area contributed by atoms with Crippen LogP contribution in [0, 0.1) is 11.8 Å². The first-order valence-corrected chi connectivity index (χ1v) is 12.5. The van der Waals surface area contributed by atoms with E-state index in [2.05, 4.69) is 0 Å². The minimum absolute atomic E-state index is 0.0257. The topological polar surface area (TPSA) is 94.1 Å². The van der Waals surface area contributed by atoms with Gasteiger partial charge >= 0.3 is 6.18 Å².